The summed E-state index contributed by atoms with van der Waals surface area (Å²) in [5.74, 6) is 0. The summed E-state index contributed by atoms with van der Waals surface area (Å²) >= 11 is 0. The Bertz CT molecular complexity index is 512. The molecule has 0 unspecified atom stereocenters. The summed E-state index contributed by atoms with van der Waals surface area (Å²) in [5.41, 5.74) is 9.38. The molecule has 1 fully saturated rings. The lowest BCUT2D eigenvalue weighted by molar-refractivity contribution is 0.748. The van der Waals surface area contributed by atoms with Crippen LogP contribution < -0.4 is 5.73 Å². The number of rotatable bonds is 4. The highest BCUT2D eigenvalue weighted by molar-refractivity contribution is 5.60. The number of nitrogens with zero attached hydrogens (tertiary/aromatic N) is 2. The fourth-order valence-electron chi connectivity index (χ4n) is 2.22. The third kappa shape index (κ3) is 2.11. The van der Waals surface area contributed by atoms with E-state index in [0.717, 1.165) is 6.42 Å². The van der Waals surface area contributed by atoms with Crippen molar-refractivity contribution < 1.29 is 0 Å². The van der Waals surface area contributed by atoms with Gasteiger partial charge in [0.05, 0.1) is 18.2 Å². The second-order valence-corrected chi connectivity index (χ2v) is 4.66. The number of hydrogen-bond donors (Lipinski definition) is 1. The van der Waals surface area contributed by atoms with Crippen LogP contribution in [-0.4, -0.2) is 16.1 Å². The molecule has 3 nitrogen and oxygen atoms in total. The molecule has 0 bridgehead atoms. The standard InChI is InChI=1S/C14H17N3/c15-7-6-11-2-1-3-12(8-11)14-9-16-10-17(14)13-4-5-13/h1-3,8-10,13H,4-7,15H2. The van der Waals surface area contributed by atoms with Gasteiger partial charge in [-0.3, -0.25) is 0 Å². The fraction of sp³-hybridized carbons (Fsp3) is 0.357. The highest BCUT2D eigenvalue weighted by Crippen LogP contribution is 2.38. The van der Waals surface area contributed by atoms with Gasteiger partial charge in [0.15, 0.2) is 0 Å². The van der Waals surface area contributed by atoms with E-state index in [9.17, 15) is 0 Å². The summed E-state index contributed by atoms with van der Waals surface area (Å²) in [6.07, 6.45) is 7.41. The molecule has 1 heterocycles. The Morgan fingerprint density at radius 1 is 1.35 bits per heavy atom. The van der Waals surface area contributed by atoms with Crippen molar-refractivity contribution >= 4 is 0 Å². The average molecular weight is 227 g/mol. The number of nitrogens with two attached hydrogens (primary N) is 1. The van der Waals surface area contributed by atoms with Gasteiger partial charge in [0.25, 0.3) is 0 Å². The van der Waals surface area contributed by atoms with Gasteiger partial charge in [0, 0.05) is 11.6 Å². The monoisotopic (exact) mass is 227 g/mol. The highest BCUT2D eigenvalue weighted by Gasteiger charge is 2.25. The van der Waals surface area contributed by atoms with E-state index in [1.807, 2.05) is 12.5 Å². The van der Waals surface area contributed by atoms with Gasteiger partial charge in [-0.2, -0.15) is 0 Å². The first-order valence-electron chi connectivity index (χ1n) is 6.19. The molecule has 0 saturated heterocycles. The van der Waals surface area contributed by atoms with Crippen molar-refractivity contribution in [3.63, 3.8) is 0 Å². The summed E-state index contributed by atoms with van der Waals surface area (Å²) < 4.78 is 2.29. The fourth-order valence-corrected chi connectivity index (χ4v) is 2.22. The molecule has 3 rings (SSSR count). The molecule has 0 spiro atoms. The molecule has 17 heavy (non-hydrogen) atoms. The van der Waals surface area contributed by atoms with Crippen LogP contribution in [0.2, 0.25) is 0 Å². The van der Waals surface area contributed by atoms with Crippen LogP contribution in [0.25, 0.3) is 11.3 Å². The van der Waals surface area contributed by atoms with Crippen LogP contribution in [0.15, 0.2) is 36.8 Å². The molecule has 3 heteroatoms. The minimum atomic E-state index is 0.672. The van der Waals surface area contributed by atoms with E-state index >= 15 is 0 Å². The van der Waals surface area contributed by atoms with Crippen molar-refractivity contribution in [3.8, 4) is 11.3 Å². The molecule has 1 saturated carbocycles. The molecule has 1 aromatic carbocycles. The van der Waals surface area contributed by atoms with Gasteiger partial charge >= 0.3 is 0 Å². The van der Waals surface area contributed by atoms with Gasteiger partial charge in [-0.05, 0) is 37.4 Å². The number of imidazole rings is 1. The van der Waals surface area contributed by atoms with Crippen molar-refractivity contribution in [1.82, 2.24) is 9.55 Å². The first-order valence-corrected chi connectivity index (χ1v) is 6.19. The summed E-state index contributed by atoms with van der Waals surface area (Å²) in [4.78, 5) is 4.27. The van der Waals surface area contributed by atoms with Gasteiger partial charge in [-0.15, -0.1) is 0 Å². The third-order valence-electron chi connectivity index (χ3n) is 3.26. The Kier molecular flexibility index (Phi) is 2.69. The SMILES string of the molecule is NCCc1cccc(-c2cncn2C2CC2)c1. The quantitative estimate of drug-likeness (QED) is 0.871. The van der Waals surface area contributed by atoms with Crippen LogP contribution in [0.3, 0.4) is 0 Å². The van der Waals surface area contributed by atoms with Crippen molar-refractivity contribution in [2.75, 3.05) is 6.54 Å². The average Bonchev–Trinajstić information content (AvgIpc) is 3.08. The zero-order valence-electron chi connectivity index (χ0n) is 9.84. The molecule has 2 aromatic rings. The zero-order chi connectivity index (χ0) is 11.7. The Hall–Kier alpha value is -1.61. The number of aromatic nitrogens is 2. The van der Waals surface area contributed by atoms with Gasteiger partial charge in [0.2, 0.25) is 0 Å². The van der Waals surface area contributed by atoms with Crippen LogP contribution in [0.5, 0.6) is 0 Å². The van der Waals surface area contributed by atoms with Crippen LogP contribution >= 0.6 is 0 Å². The molecule has 0 aliphatic heterocycles. The van der Waals surface area contributed by atoms with Gasteiger partial charge < -0.3 is 10.3 Å². The lowest BCUT2D eigenvalue weighted by atomic mass is 10.1. The van der Waals surface area contributed by atoms with E-state index in [0.29, 0.717) is 12.6 Å². The number of hydrogen-bond acceptors (Lipinski definition) is 2. The Labute approximate surface area is 101 Å². The van der Waals surface area contributed by atoms with Crippen LogP contribution in [-0.2, 0) is 6.42 Å². The van der Waals surface area contributed by atoms with E-state index in [1.165, 1.54) is 29.7 Å². The van der Waals surface area contributed by atoms with E-state index in [1.54, 1.807) is 0 Å². The molecule has 0 atom stereocenters. The maximum atomic E-state index is 5.60. The second kappa shape index (κ2) is 4.34. The van der Waals surface area contributed by atoms with Crippen LogP contribution in [0.1, 0.15) is 24.4 Å². The van der Waals surface area contributed by atoms with E-state index in [4.69, 9.17) is 5.73 Å². The molecule has 88 valence electrons. The molecule has 0 radical (unpaired) electrons. The summed E-state index contributed by atoms with van der Waals surface area (Å²) in [6, 6.07) is 9.28. The minimum Gasteiger partial charge on any atom is -0.330 e. The maximum absolute atomic E-state index is 5.60. The molecular weight excluding hydrogens is 210 g/mol. The maximum Gasteiger partial charge on any atom is 0.0953 e. The van der Waals surface area contributed by atoms with E-state index < -0.39 is 0 Å². The smallest absolute Gasteiger partial charge is 0.0953 e. The summed E-state index contributed by atoms with van der Waals surface area (Å²) in [6.45, 7) is 0.700. The predicted molar refractivity (Wildman–Crippen MR) is 68.7 cm³/mol. The third-order valence-corrected chi connectivity index (χ3v) is 3.26. The first kappa shape index (κ1) is 10.5. The lowest BCUT2D eigenvalue weighted by Crippen LogP contribution is -2.02. The normalized spacial score (nSPS) is 15.1. The van der Waals surface area contributed by atoms with Crippen molar-refractivity contribution in [2.24, 2.45) is 5.73 Å². The molecular formula is C14H17N3. The van der Waals surface area contributed by atoms with Crippen molar-refractivity contribution in [2.45, 2.75) is 25.3 Å². The predicted octanol–water partition coefficient (Wildman–Crippen LogP) is 2.39. The van der Waals surface area contributed by atoms with Crippen molar-refractivity contribution in [1.29, 1.82) is 0 Å². The Morgan fingerprint density at radius 2 is 2.24 bits per heavy atom. The van der Waals surface area contributed by atoms with E-state index in [-0.39, 0.29) is 0 Å². The summed E-state index contributed by atoms with van der Waals surface area (Å²) in [5, 5.41) is 0. The lowest BCUT2D eigenvalue weighted by Gasteiger charge is -2.08. The molecule has 0 amide bonds. The Balaban J connectivity index is 1.96. The number of benzene rings is 1. The molecule has 1 aromatic heterocycles. The summed E-state index contributed by atoms with van der Waals surface area (Å²) in [7, 11) is 0. The first-order chi connectivity index (χ1) is 8.38. The van der Waals surface area contributed by atoms with Crippen molar-refractivity contribution in [3.05, 3.63) is 42.4 Å². The second-order valence-electron chi connectivity index (χ2n) is 4.66. The Morgan fingerprint density at radius 3 is 3.00 bits per heavy atom. The zero-order valence-corrected chi connectivity index (χ0v) is 9.84. The van der Waals surface area contributed by atoms with Gasteiger partial charge in [0.1, 0.15) is 0 Å². The van der Waals surface area contributed by atoms with E-state index in [2.05, 4.69) is 33.8 Å². The van der Waals surface area contributed by atoms with Gasteiger partial charge in [-0.25, -0.2) is 4.98 Å². The van der Waals surface area contributed by atoms with Crippen LogP contribution in [0, 0.1) is 0 Å². The largest absolute Gasteiger partial charge is 0.330 e. The molecule has 1 aliphatic carbocycles. The van der Waals surface area contributed by atoms with Crippen LogP contribution in [0.4, 0.5) is 0 Å². The van der Waals surface area contributed by atoms with Gasteiger partial charge in [-0.1, -0.05) is 18.2 Å². The topological polar surface area (TPSA) is 43.8 Å². The molecule has 2 N–H and O–H groups in total. The minimum absolute atomic E-state index is 0.672. The molecule has 1 aliphatic rings. The highest BCUT2D eigenvalue weighted by atomic mass is 15.1.